The Morgan fingerprint density at radius 3 is 2.57 bits per heavy atom. The topological polar surface area (TPSA) is 79.9 Å². The molecule has 0 saturated carbocycles. The molecule has 4 rings (SSSR count). The zero-order valence-corrected chi connectivity index (χ0v) is 15.0. The Morgan fingerprint density at radius 2 is 1.83 bits per heavy atom. The van der Waals surface area contributed by atoms with Gasteiger partial charge in [-0.3, -0.25) is 4.79 Å². The Kier molecular flexibility index (Phi) is 4.82. The first-order valence-electron chi connectivity index (χ1n) is 8.56. The zero-order valence-electron chi connectivity index (χ0n) is 15.0. The second kappa shape index (κ2) is 7.47. The summed E-state index contributed by atoms with van der Waals surface area (Å²) < 4.78 is 54.2. The number of aromatic amines is 1. The van der Waals surface area contributed by atoms with Gasteiger partial charge >= 0.3 is 6.36 Å². The Labute approximate surface area is 166 Å². The van der Waals surface area contributed by atoms with Crippen LogP contribution in [0.2, 0.25) is 0 Å². The monoisotopic (exact) mass is 416 g/mol. The minimum atomic E-state index is -4.84. The summed E-state index contributed by atoms with van der Waals surface area (Å²) in [4.78, 5) is 24.2. The lowest BCUT2D eigenvalue weighted by Crippen LogP contribution is -2.17. The average Bonchev–Trinajstić information content (AvgIpc) is 3.11. The van der Waals surface area contributed by atoms with Crippen LogP contribution in [0.5, 0.6) is 5.75 Å². The number of fused-ring (bicyclic) bond motifs is 1. The van der Waals surface area contributed by atoms with E-state index in [0.29, 0.717) is 17.0 Å². The van der Waals surface area contributed by atoms with Crippen molar-refractivity contribution in [2.45, 2.75) is 6.36 Å². The molecule has 10 heteroatoms. The number of carbonyl (C=O) groups is 1. The number of H-pyrrole nitrogens is 1. The van der Waals surface area contributed by atoms with Crippen molar-refractivity contribution in [2.24, 2.45) is 0 Å². The van der Waals surface area contributed by atoms with E-state index in [4.69, 9.17) is 0 Å². The van der Waals surface area contributed by atoms with Crippen molar-refractivity contribution in [1.82, 2.24) is 15.0 Å². The van der Waals surface area contributed by atoms with Crippen LogP contribution in [0.25, 0.3) is 22.6 Å². The molecule has 2 heterocycles. The summed E-state index contributed by atoms with van der Waals surface area (Å²) in [5.41, 5.74) is 1.46. The van der Waals surface area contributed by atoms with E-state index in [0.717, 1.165) is 12.1 Å². The van der Waals surface area contributed by atoms with Gasteiger partial charge in [-0.2, -0.15) is 0 Å². The highest BCUT2D eigenvalue weighted by Crippen LogP contribution is 2.26. The molecule has 0 aliphatic carbocycles. The molecular formula is C20H12F4N4O2. The summed E-state index contributed by atoms with van der Waals surface area (Å²) in [5.74, 6) is -1.06. The Morgan fingerprint density at radius 1 is 1.07 bits per heavy atom. The van der Waals surface area contributed by atoms with E-state index >= 15 is 0 Å². The molecule has 2 N–H and O–H groups in total. The van der Waals surface area contributed by atoms with Crippen molar-refractivity contribution in [3.05, 3.63) is 72.2 Å². The number of hydrogen-bond donors (Lipinski definition) is 2. The van der Waals surface area contributed by atoms with E-state index in [1.54, 1.807) is 0 Å². The summed E-state index contributed by atoms with van der Waals surface area (Å²) in [5, 5.41) is 2.52. The first kappa shape index (κ1) is 19.4. The lowest BCUT2D eigenvalue weighted by atomic mass is 10.2. The maximum Gasteiger partial charge on any atom is 0.573 e. The Hall–Kier alpha value is -3.95. The molecule has 0 fully saturated rings. The highest BCUT2D eigenvalue weighted by Gasteiger charge is 2.31. The number of nitrogens with zero attached hydrogens (tertiary/aromatic N) is 2. The molecule has 0 spiro atoms. The summed E-state index contributed by atoms with van der Waals surface area (Å²) in [6.07, 6.45) is -3.45. The van der Waals surface area contributed by atoms with E-state index in [1.165, 1.54) is 48.7 Å². The molecule has 0 aliphatic rings. The van der Waals surface area contributed by atoms with Crippen LogP contribution >= 0.6 is 0 Å². The summed E-state index contributed by atoms with van der Waals surface area (Å²) >= 11 is 0. The van der Waals surface area contributed by atoms with Gasteiger partial charge in [-0.05, 0) is 42.5 Å². The molecular weight excluding hydrogens is 404 g/mol. The molecule has 30 heavy (non-hydrogen) atoms. The Balaban J connectivity index is 1.62. The molecule has 0 radical (unpaired) electrons. The van der Waals surface area contributed by atoms with Crippen LogP contribution in [0.15, 0.2) is 60.8 Å². The molecule has 6 nitrogen and oxygen atoms in total. The summed E-state index contributed by atoms with van der Waals surface area (Å²) in [6, 6.07) is 12.0. The lowest BCUT2D eigenvalue weighted by Gasteiger charge is -2.10. The lowest BCUT2D eigenvalue weighted by molar-refractivity contribution is -0.274. The predicted octanol–water partition coefficient (Wildman–Crippen LogP) is 4.91. The maximum absolute atomic E-state index is 13.1. The molecule has 2 aromatic carbocycles. The number of carbonyl (C=O) groups excluding carboxylic acids is 1. The average molecular weight is 416 g/mol. The second-order valence-corrected chi connectivity index (χ2v) is 6.18. The molecule has 0 unspecified atom stereocenters. The number of imidazole rings is 1. The number of nitrogens with one attached hydrogen (secondary N) is 2. The normalized spacial score (nSPS) is 11.5. The highest BCUT2D eigenvalue weighted by atomic mass is 19.4. The third kappa shape index (κ3) is 4.22. The molecule has 0 aliphatic heterocycles. The van der Waals surface area contributed by atoms with Crippen molar-refractivity contribution >= 4 is 22.8 Å². The van der Waals surface area contributed by atoms with Gasteiger partial charge < -0.3 is 15.0 Å². The Bertz CT molecular complexity index is 1220. The van der Waals surface area contributed by atoms with Gasteiger partial charge in [0.2, 0.25) is 0 Å². The number of halogens is 4. The number of ether oxygens (including phenoxy) is 1. The van der Waals surface area contributed by atoms with Gasteiger partial charge in [0.1, 0.15) is 22.9 Å². The zero-order chi connectivity index (χ0) is 21.3. The second-order valence-electron chi connectivity index (χ2n) is 6.18. The first-order chi connectivity index (χ1) is 14.3. The van der Waals surface area contributed by atoms with Crippen LogP contribution in [0, 0.1) is 5.82 Å². The van der Waals surface area contributed by atoms with E-state index in [9.17, 15) is 22.4 Å². The van der Waals surface area contributed by atoms with Gasteiger partial charge in [-0.15, -0.1) is 13.2 Å². The number of amides is 1. The van der Waals surface area contributed by atoms with E-state index in [1.807, 2.05) is 0 Å². The fraction of sp³-hybridized carbons (Fsp3) is 0.0500. The van der Waals surface area contributed by atoms with Crippen molar-refractivity contribution in [2.75, 3.05) is 5.32 Å². The number of alkyl halides is 3. The minimum absolute atomic E-state index is 0.112. The molecule has 0 bridgehead atoms. The third-order valence-electron chi connectivity index (χ3n) is 4.07. The van der Waals surface area contributed by atoms with Gasteiger partial charge in [0.15, 0.2) is 5.65 Å². The molecule has 0 atom stereocenters. The minimum Gasteiger partial charge on any atom is -0.406 e. The van der Waals surface area contributed by atoms with Gasteiger partial charge in [0, 0.05) is 23.5 Å². The predicted molar refractivity (Wildman–Crippen MR) is 100 cm³/mol. The van der Waals surface area contributed by atoms with Crippen LogP contribution in [0.4, 0.5) is 23.2 Å². The standard InChI is InChI=1S/C20H12F4N4O2/c21-12-6-4-11(5-7-12)17-27-16-15(8-9-25-18(16)28-17)19(29)26-13-2-1-3-14(10-13)30-20(22,23)24/h1-10H,(H,26,29)(H,25,27,28). The van der Waals surface area contributed by atoms with Crippen molar-refractivity contribution < 1.29 is 27.1 Å². The summed E-state index contributed by atoms with van der Waals surface area (Å²) in [7, 11) is 0. The number of anilines is 1. The van der Waals surface area contributed by atoms with Gasteiger partial charge in [-0.25, -0.2) is 14.4 Å². The van der Waals surface area contributed by atoms with E-state index in [-0.39, 0.29) is 16.8 Å². The summed E-state index contributed by atoms with van der Waals surface area (Å²) in [6.45, 7) is 0. The fourth-order valence-corrected chi connectivity index (χ4v) is 2.81. The smallest absolute Gasteiger partial charge is 0.406 e. The highest BCUT2D eigenvalue weighted by molar-refractivity contribution is 6.11. The first-order valence-corrected chi connectivity index (χ1v) is 8.56. The fourth-order valence-electron chi connectivity index (χ4n) is 2.81. The van der Waals surface area contributed by atoms with Crippen LogP contribution < -0.4 is 10.1 Å². The van der Waals surface area contributed by atoms with Gasteiger partial charge in [-0.1, -0.05) is 6.07 Å². The van der Waals surface area contributed by atoms with E-state index < -0.39 is 23.8 Å². The number of benzene rings is 2. The molecule has 2 aromatic heterocycles. The van der Waals surface area contributed by atoms with Crippen LogP contribution in [0.3, 0.4) is 0 Å². The van der Waals surface area contributed by atoms with Crippen LogP contribution in [-0.2, 0) is 0 Å². The molecule has 0 saturated heterocycles. The van der Waals surface area contributed by atoms with Crippen LogP contribution in [0.1, 0.15) is 10.4 Å². The number of pyridine rings is 1. The number of hydrogen-bond acceptors (Lipinski definition) is 4. The van der Waals surface area contributed by atoms with Crippen molar-refractivity contribution in [3.8, 4) is 17.1 Å². The van der Waals surface area contributed by atoms with Crippen LogP contribution in [-0.4, -0.2) is 27.2 Å². The van der Waals surface area contributed by atoms with E-state index in [2.05, 4.69) is 25.0 Å². The van der Waals surface area contributed by atoms with Crippen molar-refractivity contribution in [1.29, 1.82) is 0 Å². The van der Waals surface area contributed by atoms with Gasteiger partial charge in [0.05, 0.1) is 5.56 Å². The molecule has 1 amide bonds. The quantitative estimate of drug-likeness (QED) is 0.463. The number of aromatic nitrogens is 3. The van der Waals surface area contributed by atoms with Gasteiger partial charge in [0.25, 0.3) is 5.91 Å². The van der Waals surface area contributed by atoms with Crippen molar-refractivity contribution in [3.63, 3.8) is 0 Å². The molecule has 4 aromatic rings. The maximum atomic E-state index is 13.1. The SMILES string of the molecule is O=C(Nc1cccc(OC(F)(F)F)c1)c1ccnc2[nH]c(-c3ccc(F)cc3)nc12. The third-order valence-corrected chi connectivity index (χ3v) is 4.07. The molecule has 152 valence electrons. The number of rotatable bonds is 4. The largest absolute Gasteiger partial charge is 0.573 e.